The molecule has 0 bridgehead atoms. The molecule has 0 aromatic heterocycles. The molecule has 104 valence electrons. The monoisotopic (exact) mass is 280 g/mol. The lowest BCUT2D eigenvalue weighted by atomic mass is 9.92. The lowest BCUT2D eigenvalue weighted by Crippen LogP contribution is -2.51. The fourth-order valence-electron chi connectivity index (χ4n) is 2.61. The van der Waals surface area contributed by atoms with Crippen LogP contribution in [0.1, 0.15) is 38.3 Å². The van der Waals surface area contributed by atoms with E-state index in [-0.39, 0.29) is 18.0 Å². The largest absolute Gasteiger partial charge is 0.348 e. The fraction of sp³-hybridized carbons (Fsp3) is 0.533. The Morgan fingerprint density at radius 3 is 2.89 bits per heavy atom. The number of hydrogen-bond acceptors (Lipinski definition) is 2. The minimum absolute atomic E-state index is 0.0691. The van der Waals surface area contributed by atoms with Gasteiger partial charge in [-0.05, 0) is 43.9 Å². The van der Waals surface area contributed by atoms with Crippen LogP contribution in [0.5, 0.6) is 0 Å². The van der Waals surface area contributed by atoms with Crippen molar-refractivity contribution in [1.29, 1.82) is 0 Å². The zero-order valence-corrected chi connectivity index (χ0v) is 12.2. The van der Waals surface area contributed by atoms with Gasteiger partial charge in [-0.2, -0.15) is 0 Å². The van der Waals surface area contributed by atoms with Crippen LogP contribution in [-0.4, -0.2) is 18.5 Å². The molecular weight excluding hydrogens is 260 g/mol. The van der Waals surface area contributed by atoms with Crippen LogP contribution in [0, 0.1) is 5.92 Å². The van der Waals surface area contributed by atoms with Gasteiger partial charge in [0.25, 0.3) is 0 Å². The van der Waals surface area contributed by atoms with Crippen LogP contribution in [-0.2, 0) is 4.79 Å². The molecule has 19 heavy (non-hydrogen) atoms. The van der Waals surface area contributed by atoms with Crippen molar-refractivity contribution in [1.82, 2.24) is 10.6 Å². The van der Waals surface area contributed by atoms with Crippen molar-refractivity contribution in [3.05, 3.63) is 34.9 Å². The van der Waals surface area contributed by atoms with Crippen molar-refractivity contribution in [3.8, 4) is 0 Å². The Morgan fingerprint density at radius 1 is 1.47 bits per heavy atom. The summed E-state index contributed by atoms with van der Waals surface area (Å²) in [5.41, 5.74) is 0.959. The summed E-state index contributed by atoms with van der Waals surface area (Å²) in [5, 5.41) is 7.04. The predicted molar refractivity (Wildman–Crippen MR) is 78.2 cm³/mol. The molecule has 0 radical (unpaired) electrons. The molecule has 0 spiro atoms. The van der Waals surface area contributed by atoms with E-state index in [2.05, 4.69) is 17.6 Å². The molecule has 1 fully saturated rings. The first-order valence-corrected chi connectivity index (χ1v) is 7.25. The summed E-state index contributed by atoms with van der Waals surface area (Å²) in [7, 11) is 0. The van der Waals surface area contributed by atoms with Crippen LogP contribution >= 0.6 is 11.6 Å². The van der Waals surface area contributed by atoms with E-state index < -0.39 is 0 Å². The Balaban J connectivity index is 2.00. The molecule has 0 saturated carbocycles. The molecule has 1 heterocycles. The first-order valence-electron chi connectivity index (χ1n) is 6.87. The van der Waals surface area contributed by atoms with E-state index in [0.717, 1.165) is 24.9 Å². The molecule has 1 aromatic carbocycles. The molecule has 3 nitrogen and oxygen atoms in total. The number of rotatable bonds is 3. The van der Waals surface area contributed by atoms with Crippen LogP contribution in [0.2, 0.25) is 5.02 Å². The van der Waals surface area contributed by atoms with Gasteiger partial charge in [0.05, 0.1) is 12.1 Å². The Morgan fingerprint density at radius 2 is 2.21 bits per heavy atom. The van der Waals surface area contributed by atoms with Crippen LogP contribution < -0.4 is 10.6 Å². The number of carbonyl (C=O) groups is 1. The van der Waals surface area contributed by atoms with E-state index >= 15 is 0 Å². The summed E-state index contributed by atoms with van der Waals surface area (Å²) in [6.45, 7) is 5.01. The summed E-state index contributed by atoms with van der Waals surface area (Å²) in [6, 6.07) is 7.47. The summed E-state index contributed by atoms with van der Waals surface area (Å²) in [6.07, 6.45) is 2.25. The van der Waals surface area contributed by atoms with E-state index in [9.17, 15) is 4.79 Å². The number of carbonyl (C=O) groups excluding carboxylic acids is 1. The van der Waals surface area contributed by atoms with E-state index in [1.54, 1.807) is 0 Å². The lowest BCUT2D eigenvalue weighted by Gasteiger charge is -2.30. The molecule has 0 aliphatic carbocycles. The van der Waals surface area contributed by atoms with Gasteiger partial charge in [-0.3, -0.25) is 4.79 Å². The van der Waals surface area contributed by atoms with E-state index in [0.29, 0.717) is 10.9 Å². The SMILES string of the molecule is CC(NC(=O)C1NCCCC1C)c1ccccc1Cl. The normalized spacial score (nSPS) is 24.8. The first kappa shape index (κ1) is 14.4. The van der Waals surface area contributed by atoms with Crippen molar-refractivity contribution >= 4 is 17.5 Å². The minimum atomic E-state index is -0.0845. The second kappa shape index (κ2) is 6.40. The average molecular weight is 281 g/mol. The number of amides is 1. The second-order valence-electron chi connectivity index (χ2n) is 5.30. The molecule has 2 rings (SSSR count). The Kier molecular flexibility index (Phi) is 4.83. The van der Waals surface area contributed by atoms with Crippen molar-refractivity contribution in [3.63, 3.8) is 0 Å². The highest BCUT2D eigenvalue weighted by molar-refractivity contribution is 6.31. The fourth-order valence-corrected chi connectivity index (χ4v) is 2.91. The standard InChI is InChI=1S/C15H21ClN2O/c1-10-6-5-9-17-14(10)15(19)18-11(2)12-7-3-4-8-13(12)16/h3-4,7-8,10-11,14,17H,5-6,9H2,1-2H3,(H,18,19). The summed E-state index contributed by atoms with van der Waals surface area (Å²) in [4.78, 5) is 12.3. The molecule has 1 aliphatic rings. The number of benzene rings is 1. The Labute approximate surface area is 119 Å². The molecule has 1 aliphatic heterocycles. The van der Waals surface area contributed by atoms with Crippen LogP contribution in [0.15, 0.2) is 24.3 Å². The maximum Gasteiger partial charge on any atom is 0.237 e. The highest BCUT2D eigenvalue weighted by Gasteiger charge is 2.28. The quantitative estimate of drug-likeness (QED) is 0.894. The topological polar surface area (TPSA) is 41.1 Å². The number of nitrogens with one attached hydrogen (secondary N) is 2. The maximum absolute atomic E-state index is 12.3. The van der Waals surface area contributed by atoms with Crippen LogP contribution in [0.25, 0.3) is 0 Å². The highest BCUT2D eigenvalue weighted by Crippen LogP contribution is 2.23. The first-order chi connectivity index (χ1) is 9.09. The van der Waals surface area contributed by atoms with Gasteiger partial charge in [0.2, 0.25) is 5.91 Å². The van der Waals surface area contributed by atoms with Crippen molar-refractivity contribution in [2.45, 2.75) is 38.8 Å². The molecule has 3 unspecified atom stereocenters. The van der Waals surface area contributed by atoms with E-state index in [1.807, 2.05) is 31.2 Å². The van der Waals surface area contributed by atoms with Crippen LogP contribution in [0.4, 0.5) is 0 Å². The molecule has 2 N–H and O–H groups in total. The maximum atomic E-state index is 12.3. The van der Waals surface area contributed by atoms with E-state index in [4.69, 9.17) is 11.6 Å². The molecule has 1 amide bonds. The smallest absolute Gasteiger partial charge is 0.237 e. The third-order valence-electron chi connectivity index (χ3n) is 3.78. The van der Waals surface area contributed by atoms with Gasteiger partial charge in [-0.1, -0.05) is 36.7 Å². The molecule has 4 heteroatoms. The zero-order valence-electron chi connectivity index (χ0n) is 11.4. The highest BCUT2D eigenvalue weighted by atomic mass is 35.5. The van der Waals surface area contributed by atoms with Crippen molar-refractivity contribution < 1.29 is 4.79 Å². The van der Waals surface area contributed by atoms with E-state index in [1.165, 1.54) is 0 Å². The predicted octanol–water partition coefficient (Wildman–Crippen LogP) is 2.91. The lowest BCUT2D eigenvalue weighted by molar-refractivity contribution is -0.125. The average Bonchev–Trinajstić information content (AvgIpc) is 2.39. The second-order valence-corrected chi connectivity index (χ2v) is 5.71. The molecular formula is C15H21ClN2O. The zero-order chi connectivity index (χ0) is 13.8. The molecule has 1 aromatic rings. The summed E-state index contributed by atoms with van der Waals surface area (Å²) in [5.74, 6) is 0.451. The summed E-state index contributed by atoms with van der Waals surface area (Å²) < 4.78 is 0. The third kappa shape index (κ3) is 3.48. The number of piperidine rings is 1. The number of hydrogen-bond donors (Lipinski definition) is 2. The van der Waals surface area contributed by atoms with Gasteiger partial charge in [-0.25, -0.2) is 0 Å². The van der Waals surface area contributed by atoms with Gasteiger partial charge in [0, 0.05) is 5.02 Å². The van der Waals surface area contributed by atoms with Gasteiger partial charge >= 0.3 is 0 Å². The van der Waals surface area contributed by atoms with Crippen molar-refractivity contribution in [2.24, 2.45) is 5.92 Å². The van der Waals surface area contributed by atoms with Gasteiger partial charge < -0.3 is 10.6 Å². The minimum Gasteiger partial charge on any atom is -0.348 e. The van der Waals surface area contributed by atoms with Gasteiger partial charge in [0.15, 0.2) is 0 Å². The Hall–Kier alpha value is -1.06. The van der Waals surface area contributed by atoms with Crippen molar-refractivity contribution in [2.75, 3.05) is 6.54 Å². The summed E-state index contributed by atoms with van der Waals surface area (Å²) >= 11 is 6.15. The number of halogens is 1. The van der Waals surface area contributed by atoms with Gasteiger partial charge in [0.1, 0.15) is 0 Å². The molecule has 3 atom stereocenters. The van der Waals surface area contributed by atoms with Gasteiger partial charge in [-0.15, -0.1) is 0 Å². The van der Waals surface area contributed by atoms with Crippen LogP contribution in [0.3, 0.4) is 0 Å². The Bertz CT molecular complexity index is 450. The molecule has 1 saturated heterocycles. The third-order valence-corrected chi connectivity index (χ3v) is 4.13.